The molecule has 0 fully saturated rings. The highest BCUT2D eigenvalue weighted by atomic mass is 16.6. The third-order valence-electron chi connectivity index (χ3n) is 2.84. The van der Waals surface area contributed by atoms with Crippen LogP contribution in [-0.2, 0) is 9.53 Å². The van der Waals surface area contributed by atoms with Gasteiger partial charge >= 0.3 is 5.97 Å². The Morgan fingerprint density at radius 2 is 1.87 bits per heavy atom. The van der Waals surface area contributed by atoms with Crippen LogP contribution < -0.4 is 9.47 Å². The number of ether oxygens (including phenoxy) is 3. The van der Waals surface area contributed by atoms with Crippen LogP contribution in [0.15, 0.2) is 24.3 Å². The topological polar surface area (TPSA) is 44.8 Å². The van der Waals surface area contributed by atoms with Crippen LogP contribution in [0.2, 0.25) is 0 Å². The second-order valence-corrected chi connectivity index (χ2v) is 6.21. The van der Waals surface area contributed by atoms with Crippen molar-refractivity contribution in [1.29, 1.82) is 0 Å². The number of hydrogen-bond acceptors (Lipinski definition) is 4. The van der Waals surface area contributed by atoms with Crippen LogP contribution in [0.5, 0.6) is 11.5 Å². The van der Waals surface area contributed by atoms with E-state index >= 15 is 0 Å². The van der Waals surface area contributed by atoms with E-state index in [9.17, 15) is 4.79 Å². The van der Waals surface area contributed by atoms with Crippen LogP contribution in [0.3, 0.4) is 0 Å². The molecule has 0 aromatic heterocycles. The number of benzene rings is 1. The average molecular weight is 320 g/mol. The summed E-state index contributed by atoms with van der Waals surface area (Å²) in [7, 11) is 0. The second kappa shape index (κ2) is 9.23. The lowest BCUT2D eigenvalue weighted by atomic mass is 10.1. The Kier molecular flexibility index (Phi) is 7.66. The number of unbranched alkanes of at least 4 members (excludes halogenated alkanes) is 1. The van der Waals surface area contributed by atoms with E-state index in [1.807, 2.05) is 45.9 Å². The zero-order valence-corrected chi connectivity index (χ0v) is 14.8. The Hall–Kier alpha value is -1.97. The molecule has 4 nitrogen and oxygen atoms in total. The number of carbonyl (C=O) groups is 1. The lowest BCUT2D eigenvalue weighted by Gasteiger charge is -2.17. The summed E-state index contributed by atoms with van der Waals surface area (Å²) in [6.45, 7) is 10.8. The molecule has 0 heterocycles. The molecule has 1 aromatic carbocycles. The van der Waals surface area contributed by atoms with E-state index < -0.39 is 5.60 Å². The van der Waals surface area contributed by atoms with E-state index in [4.69, 9.17) is 14.2 Å². The highest BCUT2D eigenvalue weighted by Gasteiger charge is 2.14. The Labute approximate surface area is 139 Å². The minimum atomic E-state index is -0.491. The van der Waals surface area contributed by atoms with Crippen LogP contribution in [0.4, 0.5) is 0 Å². The first-order chi connectivity index (χ1) is 10.9. The summed E-state index contributed by atoms with van der Waals surface area (Å²) in [5.74, 6) is 1.06. The number of rotatable bonds is 8. The van der Waals surface area contributed by atoms with Gasteiger partial charge in [0.1, 0.15) is 5.60 Å². The first-order valence-electron chi connectivity index (χ1n) is 8.16. The smallest absolute Gasteiger partial charge is 0.331 e. The molecule has 0 bridgehead atoms. The molecule has 0 aliphatic rings. The van der Waals surface area contributed by atoms with Crippen molar-refractivity contribution >= 4 is 12.0 Å². The molecule has 23 heavy (non-hydrogen) atoms. The summed E-state index contributed by atoms with van der Waals surface area (Å²) in [5.41, 5.74) is 0.372. The molecule has 4 heteroatoms. The van der Waals surface area contributed by atoms with E-state index in [1.165, 1.54) is 6.08 Å². The van der Waals surface area contributed by atoms with Gasteiger partial charge in [-0.15, -0.1) is 0 Å². The van der Waals surface area contributed by atoms with Gasteiger partial charge in [0.2, 0.25) is 0 Å². The fourth-order valence-electron chi connectivity index (χ4n) is 1.84. The molecule has 0 aliphatic carbocycles. The summed E-state index contributed by atoms with van der Waals surface area (Å²) in [4.78, 5) is 11.7. The third kappa shape index (κ3) is 7.73. The zero-order chi connectivity index (χ0) is 17.3. The van der Waals surface area contributed by atoms with Gasteiger partial charge in [0.15, 0.2) is 11.5 Å². The van der Waals surface area contributed by atoms with E-state index in [0.717, 1.165) is 24.2 Å². The molecular weight excluding hydrogens is 292 g/mol. The van der Waals surface area contributed by atoms with E-state index in [0.29, 0.717) is 19.0 Å². The zero-order valence-electron chi connectivity index (χ0n) is 14.8. The monoisotopic (exact) mass is 320 g/mol. The minimum Gasteiger partial charge on any atom is -0.490 e. The highest BCUT2D eigenvalue weighted by Crippen LogP contribution is 2.29. The van der Waals surface area contributed by atoms with Crippen molar-refractivity contribution < 1.29 is 19.0 Å². The average Bonchev–Trinajstić information content (AvgIpc) is 2.46. The summed E-state index contributed by atoms with van der Waals surface area (Å²) >= 11 is 0. The largest absolute Gasteiger partial charge is 0.490 e. The molecule has 0 saturated heterocycles. The van der Waals surface area contributed by atoms with Crippen molar-refractivity contribution in [3.05, 3.63) is 29.8 Å². The summed E-state index contributed by atoms with van der Waals surface area (Å²) < 4.78 is 16.6. The molecule has 0 aliphatic heterocycles. The lowest BCUT2D eigenvalue weighted by Crippen LogP contribution is -2.22. The predicted molar refractivity (Wildman–Crippen MR) is 92.9 cm³/mol. The molecular formula is C19H28O4. The quantitative estimate of drug-likeness (QED) is 0.398. The maximum absolute atomic E-state index is 11.7. The maximum atomic E-state index is 11.7. The van der Waals surface area contributed by atoms with Crippen LogP contribution in [0.1, 0.15) is 53.0 Å². The van der Waals surface area contributed by atoms with Crippen molar-refractivity contribution in [2.45, 2.75) is 53.1 Å². The van der Waals surface area contributed by atoms with Gasteiger partial charge in [-0.3, -0.25) is 0 Å². The fourth-order valence-corrected chi connectivity index (χ4v) is 1.84. The summed E-state index contributed by atoms with van der Waals surface area (Å²) in [6.07, 6.45) is 5.23. The van der Waals surface area contributed by atoms with Gasteiger partial charge in [-0.05, 0) is 57.9 Å². The Morgan fingerprint density at radius 3 is 2.48 bits per heavy atom. The molecule has 128 valence electrons. The Balaban J connectivity index is 2.80. The van der Waals surface area contributed by atoms with Crippen molar-refractivity contribution in [3.63, 3.8) is 0 Å². The third-order valence-corrected chi connectivity index (χ3v) is 2.84. The van der Waals surface area contributed by atoms with Gasteiger partial charge < -0.3 is 14.2 Å². The van der Waals surface area contributed by atoms with Gasteiger partial charge in [-0.25, -0.2) is 4.79 Å². The molecule has 1 rings (SSSR count). The van der Waals surface area contributed by atoms with Crippen molar-refractivity contribution in [1.82, 2.24) is 0 Å². The van der Waals surface area contributed by atoms with Crippen LogP contribution in [-0.4, -0.2) is 24.8 Å². The van der Waals surface area contributed by atoms with Gasteiger partial charge in [0, 0.05) is 6.08 Å². The molecule has 0 amide bonds. The second-order valence-electron chi connectivity index (χ2n) is 6.21. The number of carbonyl (C=O) groups excluding carboxylic acids is 1. The van der Waals surface area contributed by atoms with Crippen LogP contribution >= 0.6 is 0 Å². The van der Waals surface area contributed by atoms with E-state index in [1.54, 1.807) is 6.08 Å². The predicted octanol–water partition coefficient (Wildman–Crippen LogP) is 4.62. The lowest BCUT2D eigenvalue weighted by molar-refractivity contribution is -0.148. The number of esters is 1. The van der Waals surface area contributed by atoms with Crippen molar-refractivity contribution in [3.8, 4) is 11.5 Å². The Morgan fingerprint density at radius 1 is 1.13 bits per heavy atom. The minimum absolute atomic E-state index is 0.362. The van der Waals surface area contributed by atoms with E-state index in [-0.39, 0.29) is 5.97 Å². The highest BCUT2D eigenvalue weighted by molar-refractivity contribution is 5.87. The molecule has 0 N–H and O–H groups in total. The molecule has 0 saturated carbocycles. The van der Waals surface area contributed by atoms with E-state index in [2.05, 4.69) is 6.92 Å². The number of hydrogen-bond donors (Lipinski definition) is 0. The van der Waals surface area contributed by atoms with Crippen molar-refractivity contribution in [2.24, 2.45) is 0 Å². The van der Waals surface area contributed by atoms with Crippen LogP contribution in [0, 0.1) is 0 Å². The molecule has 1 aromatic rings. The summed E-state index contributed by atoms with van der Waals surface area (Å²) in [5, 5.41) is 0. The first kappa shape index (κ1) is 19.1. The van der Waals surface area contributed by atoms with Crippen LogP contribution in [0.25, 0.3) is 6.08 Å². The SMILES string of the molecule is CCCCOc1ccc(/C=C/C(=O)OC(C)(C)C)cc1OCC. The molecule has 0 radical (unpaired) electrons. The normalized spacial score (nSPS) is 11.5. The van der Waals surface area contributed by atoms with Gasteiger partial charge in [-0.2, -0.15) is 0 Å². The molecule has 0 atom stereocenters. The Bertz CT molecular complexity index is 527. The van der Waals surface area contributed by atoms with Gasteiger partial charge in [0.05, 0.1) is 13.2 Å². The molecule has 0 spiro atoms. The molecule has 0 unspecified atom stereocenters. The van der Waals surface area contributed by atoms with Crippen molar-refractivity contribution in [2.75, 3.05) is 13.2 Å². The fraction of sp³-hybridized carbons (Fsp3) is 0.526. The van der Waals surface area contributed by atoms with Gasteiger partial charge in [-0.1, -0.05) is 19.4 Å². The van der Waals surface area contributed by atoms with Gasteiger partial charge in [0.25, 0.3) is 0 Å². The standard InChI is InChI=1S/C19H28O4/c1-6-8-13-22-16-11-9-15(14-17(16)21-7-2)10-12-18(20)23-19(3,4)5/h9-12,14H,6-8,13H2,1-5H3/b12-10+. The maximum Gasteiger partial charge on any atom is 0.331 e. The first-order valence-corrected chi connectivity index (χ1v) is 8.16. The summed E-state index contributed by atoms with van der Waals surface area (Å²) in [6, 6.07) is 5.63.